The maximum absolute atomic E-state index is 12.8. The summed E-state index contributed by atoms with van der Waals surface area (Å²) in [6.07, 6.45) is 3.27. The summed E-state index contributed by atoms with van der Waals surface area (Å²) in [6, 6.07) is 6.08. The molecule has 6 heteroatoms. The fraction of sp³-hybridized carbons (Fsp3) is 0.214. The molecule has 0 saturated carbocycles. The van der Waals surface area contributed by atoms with Crippen LogP contribution in [0.2, 0.25) is 0 Å². The van der Waals surface area contributed by atoms with Crippen LogP contribution in [0.3, 0.4) is 0 Å². The number of carbonyl (C=O) groups is 1. The van der Waals surface area contributed by atoms with E-state index in [4.69, 9.17) is 5.73 Å². The number of halogens is 1. The van der Waals surface area contributed by atoms with Gasteiger partial charge in [-0.1, -0.05) is 12.1 Å². The Balaban J connectivity index is 1.93. The van der Waals surface area contributed by atoms with Gasteiger partial charge in [0.2, 0.25) is 0 Å². The van der Waals surface area contributed by atoms with Gasteiger partial charge in [-0.3, -0.25) is 4.79 Å². The van der Waals surface area contributed by atoms with E-state index in [0.717, 1.165) is 5.56 Å². The van der Waals surface area contributed by atoms with Crippen LogP contribution in [0.5, 0.6) is 0 Å². The van der Waals surface area contributed by atoms with Crippen LogP contribution >= 0.6 is 0 Å². The molecular weight excluding hydrogens is 259 g/mol. The predicted molar refractivity (Wildman–Crippen MR) is 73.5 cm³/mol. The van der Waals surface area contributed by atoms with Crippen LogP contribution in [-0.2, 0) is 6.42 Å². The van der Waals surface area contributed by atoms with Crippen LogP contribution in [0.25, 0.3) is 0 Å². The SMILES string of the molecule is CC(Cc1ccc(F)cc1)NC(=O)c1cnc(N)cn1. The molecule has 1 aromatic heterocycles. The molecule has 1 aromatic carbocycles. The standard InChI is InChI=1S/C14H15FN4O/c1-9(6-10-2-4-11(15)5-3-10)19-14(20)12-7-18-13(16)8-17-12/h2-5,7-9H,6H2,1H3,(H2,16,18)(H,19,20). The van der Waals surface area contributed by atoms with E-state index >= 15 is 0 Å². The molecule has 2 aromatic rings. The summed E-state index contributed by atoms with van der Waals surface area (Å²) in [5.74, 6) is -0.324. The van der Waals surface area contributed by atoms with E-state index in [0.29, 0.717) is 6.42 Å². The third-order valence-corrected chi connectivity index (χ3v) is 2.74. The molecule has 20 heavy (non-hydrogen) atoms. The highest BCUT2D eigenvalue weighted by molar-refractivity contribution is 5.92. The number of carbonyl (C=O) groups excluding carboxylic acids is 1. The molecule has 1 atom stereocenters. The van der Waals surface area contributed by atoms with Crippen molar-refractivity contribution < 1.29 is 9.18 Å². The zero-order valence-corrected chi connectivity index (χ0v) is 11.0. The molecule has 5 nitrogen and oxygen atoms in total. The number of nitrogens with one attached hydrogen (secondary N) is 1. The Bertz CT molecular complexity index is 583. The Morgan fingerprint density at radius 1 is 1.30 bits per heavy atom. The summed E-state index contributed by atoms with van der Waals surface area (Å²) in [4.78, 5) is 19.6. The smallest absolute Gasteiger partial charge is 0.271 e. The normalized spacial score (nSPS) is 11.9. The maximum atomic E-state index is 12.8. The summed E-state index contributed by atoms with van der Waals surface area (Å²) < 4.78 is 12.8. The largest absolute Gasteiger partial charge is 0.382 e. The summed E-state index contributed by atoms with van der Waals surface area (Å²) in [5, 5.41) is 2.80. The minimum absolute atomic E-state index is 0.104. The molecule has 0 aliphatic rings. The van der Waals surface area contributed by atoms with Crippen molar-refractivity contribution in [3.8, 4) is 0 Å². The first-order valence-corrected chi connectivity index (χ1v) is 6.17. The summed E-state index contributed by atoms with van der Waals surface area (Å²) in [6.45, 7) is 1.87. The number of hydrogen-bond acceptors (Lipinski definition) is 4. The zero-order chi connectivity index (χ0) is 14.5. The second kappa shape index (κ2) is 6.10. The van der Waals surface area contributed by atoms with E-state index < -0.39 is 0 Å². The van der Waals surface area contributed by atoms with Crippen LogP contribution in [0.1, 0.15) is 23.0 Å². The number of aromatic nitrogens is 2. The Morgan fingerprint density at radius 3 is 2.60 bits per heavy atom. The fourth-order valence-corrected chi connectivity index (χ4v) is 1.78. The van der Waals surface area contributed by atoms with E-state index in [1.165, 1.54) is 24.5 Å². The Labute approximate surface area is 116 Å². The molecule has 2 rings (SSSR count). The van der Waals surface area contributed by atoms with Gasteiger partial charge in [0.25, 0.3) is 5.91 Å². The van der Waals surface area contributed by atoms with E-state index in [1.807, 2.05) is 6.92 Å². The fourth-order valence-electron chi connectivity index (χ4n) is 1.78. The lowest BCUT2D eigenvalue weighted by Crippen LogP contribution is -2.34. The Hall–Kier alpha value is -2.50. The molecule has 0 saturated heterocycles. The predicted octanol–water partition coefficient (Wildman–Crippen LogP) is 1.56. The quantitative estimate of drug-likeness (QED) is 0.886. The minimum atomic E-state index is -0.313. The molecule has 0 fully saturated rings. The van der Waals surface area contributed by atoms with Crippen LogP contribution in [-0.4, -0.2) is 21.9 Å². The average Bonchev–Trinajstić information content (AvgIpc) is 2.42. The minimum Gasteiger partial charge on any atom is -0.382 e. The maximum Gasteiger partial charge on any atom is 0.271 e. The molecule has 0 aliphatic carbocycles. The summed E-state index contributed by atoms with van der Waals surface area (Å²) in [7, 11) is 0. The molecule has 0 bridgehead atoms. The lowest BCUT2D eigenvalue weighted by atomic mass is 10.1. The van der Waals surface area contributed by atoms with Crippen molar-refractivity contribution in [3.05, 3.63) is 53.7 Å². The van der Waals surface area contributed by atoms with Gasteiger partial charge in [-0.2, -0.15) is 0 Å². The van der Waals surface area contributed by atoms with E-state index in [1.54, 1.807) is 12.1 Å². The number of amides is 1. The monoisotopic (exact) mass is 274 g/mol. The van der Waals surface area contributed by atoms with Gasteiger partial charge in [0, 0.05) is 6.04 Å². The van der Waals surface area contributed by atoms with Gasteiger partial charge in [-0.15, -0.1) is 0 Å². The second-order valence-electron chi connectivity index (χ2n) is 4.53. The number of nitrogens with zero attached hydrogens (tertiary/aromatic N) is 2. The number of hydrogen-bond donors (Lipinski definition) is 2. The highest BCUT2D eigenvalue weighted by Crippen LogP contribution is 2.06. The number of nitrogen functional groups attached to an aromatic ring is 1. The van der Waals surface area contributed by atoms with Gasteiger partial charge in [-0.25, -0.2) is 14.4 Å². The highest BCUT2D eigenvalue weighted by Gasteiger charge is 2.11. The first-order chi connectivity index (χ1) is 9.54. The molecule has 1 amide bonds. The van der Waals surface area contributed by atoms with Crippen molar-refractivity contribution in [2.75, 3.05) is 5.73 Å². The van der Waals surface area contributed by atoms with Crippen LogP contribution in [0.4, 0.5) is 10.2 Å². The van der Waals surface area contributed by atoms with Gasteiger partial charge in [0.15, 0.2) is 0 Å². The van der Waals surface area contributed by atoms with Crippen LogP contribution < -0.4 is 11.1 Å². The van der Waals surface area contributed by atoms with Crippen molar-refractivity contribution in [1.82, 2.24) is 15.3 Å². The summed E-state index contributed by atoms with van der Waals surface area (Å²) in [5.41, 5.74) is 6.57. The second-order valence-corrected chi connectivity index (χ2v) is 4.53. The lowest BCUT2D eigenvalue weighted by Gasteiger charge is -2.13. The van der Waals surface area contributed by atoms with E-state index in [-0.39, 0.29) is 29.3 Å². The molecule has 0 aliphatic heterocycles. The first-order valence-electron chi connectivity index (χ1n) is 6.17. The van der Waals surface area contributed by atoms with Gasteiger partial charge < -0.3 is 11.1 Å². The lowest BCUT2D eigenvalue weighted by molar-refractivity contribution is 0.0934. The molecule has 3 N–H and O–H groups in total. The topological polar surface area (TPSA) is 80.9 Å². The van der Waals surface area contributed by atoms with Crippen molar-refractivity contribution in [2.45, 2.75) is 19.4 Å². The summed E-state index contributed by atoms with van der Waals surface area (Å²) >= 11 is 0. The van der Waals surface area contributed by atoms with Crippen molar-refractivity contribution in [2.24, 2.45) is 0 Å². The molecular formula is C14H15FN4O. The third kappa shape index (κ3) is 3.74. The molecule has 1 unspecified atom stereocenters. The Kier molecular flexibility index (Phi) is 4.24. The van der Waals surface area contributed by atoms with Crippen molar-refractivity contribution >= 4 is 11.7 Å². The molecule has 0 radical (unpaired) electrons. The number of rotatable bonds is 4. The van der Waals surface area contributed by atoms with Gasteiger partial charge in [0.05, 0.1) is 12.4 Å². The molecule has 104 valence electrons. The average molecular weight is 274 g/mol. The van der Waals surface area contributed by atoms with Crippen molar-refractivity contribution in [3.63, 3.8) is 0 Å². The molecule has 0 spiro atoms. The third-order valence-electron chi connectivity index (χ3n) is 2.74. The van der Waals surface area contributed by atoms with Gasteiger partial charge in [0.1, 0.15) is 17.3 Å². The molecule has 1 heterocycles. The Morgan fingerprint density at radius 2 is 2.00 bits per heavy atom. The van der Waals surface area contributed by atoms with Crippen LogP contribution in [0.15, 0.2) is 36.7 Å². The van der Waals surface area contributed by atoms with Gasteiger partial charge >= 0.3 is 0 Å². The van der Waals surface area contributed by atoms with Crippen molar-refractivity contribution in [1.29, 1.82) is 0 Å². The highest BCUT2D eigenvalue weighted by atomic mass is 19.1. The first kappa shape index (κ1) is 13.9. The van der Waals surface area contributed by atoms with Crippen LogP contribution in [0, 0.1) is 5.82 Å². The van der Waals surface area contributed by atoms with Gasteiger partial charge in [-0.05, 0) is 31.0 Å². The zero-order valence-electron chi connectivity index (χ0n) is 11.0. The number of benzene rings is 1. The number of anilines is 1. The van der Waals surface area contributed by atoms with E-state index in [2.05, 4.69) is 15.3 Å². The van der Waals surface area contributed by atoms with E-state index in [9.17, 15) is 9.18 Å². The number of nitrogens with two attached hydrogens (primary N) is 1.